The second-order valence-corrected chi connectivity index (χ2v) is 7.33. The van der Waals surface area contributed by atoms with Crippen LogP contribution in [-0.2, 0) is 8.85 Å². The van der Waals surface area contributed by atoms with Gasteiger partial charge in [0, 0.05) is 14.2 Å². The average molecular weight is 219 g/mol. The molecule has 1 N–H and O–H groups in total. The van der Waals surface area contributed by atoms with Crippen molar-refractivity contribution in [2.24, 2.45) is 0 Å². The summed E-state index contributed by atoms with van der Waals surface area (Å²) in [6.07, 6.45) is 3.67. The maximum atomic E-state index is 5.40. The van der Waals surface area contributed by atoms with Gasteiger partial charge in [-0.3, -0.25) is 0 Å². The summed E-state index contributed by atoms with van der Waals surface area (Å²) in [5.41, 5.74) is 0. The Kier molecular flexibility index (Phi) is 8.47. The maximum Gasteiger partial charge on any atom is 0.334 e. The molecule has 0 bridgehead atoms. The van der Waals surface area contributed by atoms with Crippen LogP contribution in [0.4, 0.5) is 0 Å². The quantitative estimate of drug-likeness (QED) is 0.476. The lowest BCUT2D eigenvalue weighted by atomic mass is 10.3. The van der Waals surface area contributed by atoms with Gasteiger partial charge in [-0.1, -0.05) is 13.3 Å². The lowest BCUT2D eigenvalue weighted by molar-refractivity contribution is 0.248. The predicted octanol–water partition coefficient (Wildman–Crippen LogP) is 2.13. The first-order valence-corrected chi connectivity index (χ1v) is 8.02. The standard InChI is InChI=1S/C10H25NO2Si/c1-5-6-8-11-9-7-10-14(4,12-2)13-3/h11H,5-10H2,1-4H3. The van der Waals surface area contributed by atoms with Crippen LogP contribution in [0.2, 0.25) is 12.6 Å². The van der Waals surface area contributed by atoms with E-state index in [9.17, 15) is 0 Å². The molecule has 0 aromatic rings. The number of hydrogen-bond donors (Lipinski definition) is 1. The first kappa shape index (κ1) is 14.1. The normalized spacial score (nSPS) is 12.0. The van der Waals surface area contributed by atoms with Crippen molar-refractivity contribution >= 4 is 8.56 Å². The van der Waals surface area contributed by atoms with E-state index in [-0.39, 0.29) is 0 Å². The van der Waals surface area contributed by atoms with Crippen molar-refractivity contribution in [2.45, 2.75) is 38.8 Å². The lowest BCUT2D eigenvalue weighted by Gasteiger charge is -2.22. The first-order valence-electron chi connectivity index (χ1n) is 5.49. The van der Waals surface area contributed by atoms with E-state index in [4.69, 9.17) is 8.85 Å². The molecule has 3 nitrogen and oxygen atoms in total. The zero-order valence-electron chi connectivity index (χ0n) is 10.1. The summed E-state index contributed by atoms with van der Waals surface area (Å²) in [6, 6.07) is 1.07. The largest absolute Gasteiger partial charge is 0.398 e. The molecule has 0 saturated heterocycles. The summed E-state index contributed by atoms with van der Waals surface area (Å²) < 4.78 is 10.8. The van der Waals surface area contributed by atoms with Crippen molar-refractivity contribution < 1.29 is 8.85 Å². The van der Waals surface area contributed by atoms with Gasteiger partial charge >= 0.3 is 8.56 Å². The van der Waals surface area contributed by atoms with E-state index in [2.05, 4.69) is 18.8 Å². The molecule has 0 aromatic carbocycles. The molecule has 0 rings (SSSR count). The van der Waals surface area contributed by atoms with Crippen molar-refractivity contribution in [3.05, 3.63) is 0 Å². The number of rotatable bonds is 9. The van der Waals surface area contributed by atoms with Gasteiger partial charge in [0.05, 0.1) is 0 Å². The second-order valence-electron chi connectivity index (χ2n) is 3.75. The Labute approximate surface area is 89.4 Å². The van der Waals surface area contributed by atoms with Gasteiger partial charge in [-0.25, -0.2) is 0 Å². The van der Waals surface area contributed by atoms with E-state index in [0.717, 1.165) is 25.6 Å². The van der Waals surface area contributed by atoms with E-state index in [1.165, 1.54) is 12.8 Å². The van der Waals surface area contributed by atoms with Gasteiger partial charge in [-0.15, -0.1) is 0 Å². The van der Waals surface area contributed by atoms with Crippen LogP contribution >= 0.6 is 0 Å². The van der Waals surface area contributed by atoms with Gasteiger partial charge in [0.2, 0.25) is 0 Å². The molecule has 0 aliphatic carbocycles. The van der Waals surface area contributed by atoms with Gasteiger partial charge in [-0.05, 0) is 38.5 Å². The van der Waals surface area contributed by atoms with Crippen LogP contribution in [-0.4, -0.2) is 35.9 Å². The molecule has 0 unspecified atom stereocenters. The van der Waals surface area contributed by atoms with Crippen LogP contribution in [0.15, 0.2) is 0 Å². The fourth-order valence-electron chi connectivity index (χ4n) is 1.25. The average Bonchev–Trinajstić information content (AvgIpc) is 2.23. The van der Waals surface area contributed by atoms with E-state index < -0.39 is 8.56 Å². The molecular formula is C10H25NO2Si. The van der Waals surface area contributed by atoms with Crippen molar-refractivity contribution in [1.29, 1.82) is 0 Å². The second kappa shape index (κ2) is 8.41. The maximum absolute atomic E-state index is 5.40. The molecule has 0 radical (unpaired) electrons. The van der Waals surface area contributed by atoms with Crippen LogP contribution in [0.3, 0.4) is 0 Å². The number of hydrogen-bond acceptors (Lipinski definition) is 3. The molecule has 4 heteroatoms. The summed E-state index contributed by atoms with van der Waals surface area (Å²) in [7, 11) is 1.69. The lowest BCUT2D eigenvalue weighted by Crippen LogP contribution is -2.36. The summed E-state index contributed by atoms with van der Waals surface area (Å²) in [4.78, 5) is 0. The minimum Gasteiger partial charge on any atom is -0.398 e. The summed E-state index contributed by atoms with van der Waals surface area (Å²) in [6.45, 7) is 6.53. The molecule has 0 fully saturated rings. The van der Waals surface area contributed by atoms with E-state index in [1.54, 1.807) is 14.2 Å². The Morgan fingerprint density at radius 3 is 2.14 bits per heavy atom. The Morgan fingerprint density at radius 1 is 1.07 bits per heavy atom. The predicted molar refractivity (Wildman–Crippen MR) is 62.8 cm³/mol. The van der Waals surface area contributed by atoms with Gasteiger partial charge in [-0.2, -0.15) is 0 Å². The third-order valence-electron chi connectivity index (χ3n) is 2.56. The van der Waals surface area contributed by atoms with E-state index in [0.29, 0.717) is 0 Å². The monoisotopic (exact) mass is 219 g/mol. The molecule has 0 spiro atoms. The topological polar surface area (TPSA) is 30.5 Å². The molecule has 0 amide bonds. The summed E-state index contributed by atoms with van der Waals surface area (Å²) >= 11 is 0. The highest BCUT2D eigenvalue weighted by Crippen LogP contribution is 2.12. The highest BCUT2D eigenvalue weighted by molar-refractivity contribution is 6.65. The first-order chi connectivity index (χ1) is 6.68. The van der Waals surface area contributed by atoms with Crippen LogP contribution in [0.25, 0.3) is 0 Å². The van der Waals surface area contributed by atoms with Crippen molar-refractivity contribution in [3.8, 4) is 0 Å². The summed E-state index contributed by atoms with van der Waals surface area (Å²) in [5, 5.41) is 3.42. The molecule has 14 heavy (non-hydrogen) atoms. The van der Waals surface area contributed by atoms with Crippen molar-refractivity contribution in [1.82, 2.24) is 5.32 Å². The minimum atomic E-state index is -1.81. The highest BCUT2D eigenvalue weighted by Gasteiger charge is 2.27. The molecule has 0 atom stereocenters. The van der Waals surface area contributed by atoms with Gasteiger partial charge < -0.3 is 14.2 Å². The molecule has 0 aromatic heterocycles. The molecular weight excluding hydrogens is 194 g/mol. The van der Waals surface area contributed by atoms with Gasteiger partial charge in [0.25, 0.3) is 0 Å². The third-order valence-corrected chi connectivity index (χ3v) is 5.54. The molecule has 0 aliphatic rings. The molecule has 0 saturated carbocycles. The van der Waals surface area contributed by atoms with Gasteiger partial charge in [0.15, 0.2) is 0 Å². The Bertz CT molecular complexity index is 129. The van der Waals surface area contributed by atoms with E-state index in [1.807, 2.05) is 0 Å². The molecule has 0 aliphatic heterocycles. The SMILES string of the molecule is CCCCNCCC[Si](C)(OC)OC. The zero-order valence-corrected chi connectivity index (χ0v) is 11.1. The third kappa shape index (κ3) is 6.54. The van der Waals surface area contributed by atoms with Crippen molar-refractivity contribution in [2.75, 3.05) is 27.3 Å². The zero-order chi connectivity index (χ0) is 10.9. The van der Waals surface area contributed by atoms with E-state index >= 15 is 0 Å². The van der Waals surface area contributed by atoms with Gasteiger partial charge in [0.1, 0.15) is 0 Å². The molecule has 86 valence electrons. The van der Waals surface area contributed by atoms with Crippen LogP contribution in [0.5, 0.6) is 0 Å². The fraction of sp³-hybridized carbons (Fsp3) is 1.00. The highest BCUT2D eigenvalue weighted by atomic mass is 28.4. The fourth-order valence-corrected chi connectivity index (χ4v) is 2.64. The van der Waals surface area contributed by atoms with Crippen LogP contribution in [0, 0.1) is 0 Å². The number of nitrogens with one attached hydrogen (secondary N) is 1. The van der Waals surface area contributed by atoms with Crippen LogP contribution < -0.4 is 5.32 Å². The molecule has 0 heterocycles. The smallest absolute Gasteiger partial charge is 0.334 e. The Morgan fingerprint density at radius 2 is 1.64 bits per heavy atom. The Hall–Kier alpha value is 0.0969. The Balaban J connectivity index is 3.34. The van der Waals surface area contributed by atoms with Crippen LogP contribution in [0.1, 0.15) is 26.2 Å². The summed E-state index contributed by atoms with van der Waals surface area (Å²) in [5.74, 6) is 0. The number of unbranched alkanes of at least 4 members (excludes halogenated alkanes) is 1. The minimum absolute atomic E-state index is 1.07. The van der Waals surface area contributed by atoms with Crippen molar-refractivity contribution in [3.63, 3.8) is 0 Å².